The summed E-state index contributed by atoms with van der Waals surface area (Å²) < 4.78 is 1.91. The molecule has 0 radical (unpaired) electrons. The van der Waals surface area contributed by atoms with Gasteiger partial charge in [0.25, 0.3) is 0 Å². The van der Waals surface area contributed by atoms with E-state index in [0.717, 1.165) is 19.6 Å². The Bertz CT molecular complexity index is 461. The molecule has 112 valence electrons. The van der Waals surface area contributed by atoms with Gasteiger partial charge in [-0.3, -0.25) is 9.58 Å². The summed E-state index contributed by atoms with van der Waals surface area (Å²) in [6.45, 7) is 8.01. The lowest BCUT2D eigenvalue weighted by atomic mass is 9.84. The van der Waals surface area contributed by atoms with E-state index in [9.17, 15) is 0 Å². The number of nitrogens with zero attached hydrogens (tertiary/aromatic N) is 3. The highest BCUT2D eigenvalue weighted by Crippen LogP contribution is 2.39. The van der Waals surface area contributed by atoms with E-state index in [-0.39, 0.29) is 5.54 Å². The Morgan fingerprint density at radius 1 is 1.35 bits per heavy atom. The van der Waals surface area contributed by atoms with E-state index in [0.29, 0.717) is 5.54 Å². The zero-order valence-corrected chi connectivity index (χ0v) is 13.2. The van der Waals surface area contributed by atoms with Crippen LogP contribution in [0.25, 0.3) is 0 Å². The molecule has 2 aliphatic rings. The molecule has 0 bridgehead atoms. The van der Waals surface area contributed by atoms with Crippen LogP contribution in [0.15, 0.2) is 12.4 Å². The van der Waals surface area contributed by atoms with Crippen LogP contribution in [0, 0.1) is 0 Å². The monoisotopic (exact) mass is 276 g/mol. The Morgan fingerprint density at radius 2 is 2.10 bits per heavy atom. The Balaban J connectivity index is 1.81. The standard InChI is InChI=1S/C16H28N4/c1-4-15(2)13-20(11-14-9-18-19(3)10-14)16(12-17-15)7-5-6-8-16/h9-10,17H,4-8,11-13H2,1-3H3. The fourth-order valence-electron chi connectivity index (χ4n) is 3.90. The molecule has 0 amide bonds. The van der Waals surface area contributed by atoms with Crippen LogP contribution < -0.4 is 5.32 Å². The first-order valence-electron chi connectivity index (χ1n) is 8.03. The number of aryl methyl sites for hydroxylation is 1. The molecule has 3 rings (SSSR count). The molecule has 1 aromatic heterocycles. The van der Waals surface area contributed by atoms with Gasteiger partial charge in [0.1, 0.15) is 0 Å². The van der Waals surface area contributed by atoms with E-state index in [4.69, 9.17) is 0 Å². The van der Waals surface area contributed by atoms with Crippen molar-refractivity contribution in [2.24, 2.45) is 7.05 Å². The van der Waals surface area contributed by atoms with Gasteiger partial charge in [0.15, 0.2) is 0 Å². The SMILES string of the molecule is CCC1(C)CN(Cc2cnn(C)c2)C2(CCCC2)CN1. The molecule has 4 heteroatoms. The fourth-order valence-corrected chi connectivity index (χ4v) is 3.90. The van der Waals surface area contributed by atoms with E-state index in [1.165, 1.54) is 37.7 Å². The zero-order chi connectivity index (χ0) is 14.2. The Kier molecular flexibility index (Phi) is 3.63. The smallest absolute Gasteiger partial charge is 0.0534 e. The largest absolute Gasteiger partial charge is 0.308 e. The first-order valence-corrected chi connectivity index (χ1v) is 8.03. The summed E-state index contributed by atoms with van der Waals surface area (Å²) in [6.07, 6.45) is 10.8. The molecule has 1 aliphatic heterocycles. The lowest BCUT2D eigenvalue weighted by molar-refractivity contribution is 0.00531. The summed E-state index contributed by atoms with van der Waals surface area (Å²) in [6, 6.07) is 0. The van der Waals surface area contributed by atoms with Crippen molar-refractivity contribution in [3.8, 4) is 0 Å². The number of hydrogen-bond donors (Lipinski definition) is 1. The van der Waals surface area contributed by atoms with Crippen molar-refractivity contribution >= 4 is 0 Å². The fraction of sp³-hybridized carbons (Fsp3) is 0.812. The van der Waals surface area contributed by atoms with E-state index in [1.54, 1.807) is 0 Å². The topological polar surface area (TPSA) is 33.1 Å². The second-order valence-corrected chi connectivity index (χ2v) is 7.08. The molecule has 1 spiro atoms. The maximum atomic E-state index is 4.33. The first-order chi connectivity index (χ1) is 9.55. The van der Waals surface area contributed by atoms with Gasteiger partial charge in [-0.2, -0.15) is 5.10 Å². The third kappa shape index (κ3) is 2.51. The average Bonchev–Trinajstić information content (AvgIpc) is 3.05. The highest BCUT2D eigenvalue weighted by molar-refractivity contribution is 5.10. The number of nitrogens with one attached hydrogen (secondary N) is 1. The van der Waals surface area contributed by atoms with Gasteiger partial charge in [-0.1, -0.05) is 19.8 Å². The summed E-state index contributed by atoms with van der Waals surface area (Å²) >= 11 is 0. The number of piperazine rings is 1. The molecule has 1 atom stereocenters. The van der Waals surface area contributed by atoms with Crippen LogP contribution in [0.2, 0.25) is 0 Å². The maximum Gasteiger partial charge on any atom is 0.0534 e. The molecule has 1 aliphatic carbocycles. The summed E-state index contributed by atoms with van der Waals surface area (Å²) in [7, 11) is 2.00. The van der Waals surface area contributed by atoms with Gasteiger partial charge in [0.05, 0.1) is 6.20 Å². The number of rotatable bonds is 3. The van der Waals surface area contributed by atoms with Crippen LogP contribution in [-0.2, 0) is 13.6 Å². The molecule has 2 fully saturated rings. The minimum absolute atomic E-state index is 0.260. The molecular weight excluding hydrogens is 248 g/mol. The van der Waals surface area contributed by atoms with Crippen molar-refractivity contribution < 1.29 is 0 Å². The molecular formula is C16H28N4. The molecule has 1 N–H and O–H groups in total. The van der Waals surface area contributed by atoms with Crippen molar-refractivity contribution in [2.45, 2.75) is 63.6 Å². The van der Waals surface area contributed by atoms with Gasteiger partial charge < -0.3 is 5.32 Å². The van der Waals surface area contributed by atoms with Gasteiger partial charge in [0.2, 0.25) is 0 Å². The highest BCUT2D eigenvalue weighted by Gasteiger charge is 2.46. The zero-order valence-electron chi connectivity index (χ0n) is 13.2. The summed E-state index contributed by atoms with van der Waals surface area (Å²) in [4.78, 5) is 2.75. The maximum absolute atomic E-state index is 4.33. The molecule has 1 saturated heterocycles. The molecule has 4 nitrogen and oxygen atoms in total. The quantitative estimate of drug-likeness (QED) is 0.919. The van der Waals surface area contributed by atoms with Gasteiger partial charge in [0, 0.05) is 49.5 Å². The minimum Gasteiger partial charge on any atom is -0.308 e. The van der Waals surface area contributed by atoms with Gasteiger partial charge in [-0.25, -0.2) is 0 Å². The van der Waals surface area contributed by atoms with Crippen LogP contribution in [0.5, 0.6) is 0 Å². The Labute approximate surface area is 122 Å². The summed E-state index contributed by atoms with van der Waals surface area (Å²) in [5.74, 6) is 0. The normalized spacial score (nSPS) is 30.1. The number of hydrogen-bond acceptors (Lipinski definition) is 3. The predicted octanol–water partition coefficient (Wildman–Crippen LogP) is 2.31. The third-order valence-corrected chi connectivity index (χ3v) is 5.50. The van der Waals surface area contributed by atoms with Gasteiger partial charge >= 0.3 is 0 Å². The molecule has 1 saturated carbocycles. The van der Waals surface area contributed by atoms with Crippen molar-refractivity contribution in [3.05, 3.63) is 18.0 Å². The van der Waals surface area contributed by atoms with Crippen molar-refractivity contribution in [2.75, 3.05) is 13.1 Å². The van der Waals surface area contributed by atoms with E-state index in [2.05, 4.69) is 35.4 Å². The first kappa shape index (κ1) is 14.1. The minimum atomic E-state index is 0.260. The lowest BCUT2D eigenvalue weighted by Crippen LogP contribution is -2.67. The third-order valence-electron chi connectivity index (χ3n) is 5.50. The Hall–Kier alpha value is -0.870. The number of aromatic nitrogens is 2. The van der Waals surface area contributed by atoms with Crippen LogP contribution >= 0.6 is 0 Å². The second kappa shape index (κ2) is 5.15. The summed E-state index contributed by atoms with van der Waals surface area (Å²) in [5.41, 5.74) is 2.00. The Morgan fingerprint density at radius 3 is 2.70 bits per heavy atom. The van der Waals surface area contributed by atoms with Crippen LogP contribution in [-0.4, -0.2) is 38.8 Å². The molecule has 20 heavy (non-hydrogen) atoms. The lowest BCUT2D eigenvalue weighted by Gasteiger charge is -2.52. The van der Waals surface area contributed by atoms with Crippen LogP contribution in [0.1, 0.15) is 51.5 Å². The second-order valence-electron chi connectivity index (χ2n) is 7.08. The van der Waals surface area contributed by atoms with Crippen molar-refractivity contribution in [1.29, 1.82) is 0 Å². The van der Waals surface area contributed by atoms with E-state index >= 15 is 0 Å². The summed E-state index contributed by atoms with van der Waals surface area (Å²) in [5, 5.41) is 8.16. The molecule has 1 unspecified atom stereocenters. The molecule has 0 aromatic carbocycles. The van der Waals surface area contributed by atoms with E-state index in [1.807, 2.05) is 17.9 Å². The van der Waals surface area contributed by atoms with Crippen LogP contribution in [0.4, 0.5) is 0 Å². The van der Waals surface area contributed by atoms with Crippen molar-refractivity contribution in [1.82, 2.24) is 20.0 Å². The van der Waals surface area contributed by atoms with Crippen molar-refractivity contribution in [3.63, 3.8) is 0 Å². The van der Waals surface area contributed by atoms with Gasteiger partial charge in [-0.15, -0.1) is 0 Å². The highest BCUT2D eigenvalue weighted by atomic mass is 15.3. The van der Waals surface area contributed by atoms with E-state index < -0.39 is 0 Å². The van der Waals surface area contributed by atoms with Gasteiger partial charge in [-0.05, 0) is 26.2 Å². The molecule has 1 aromatic rings. The van der Waals surface area contributed by atoms with Crippen LogP contribution in [0.3, 0.4) is 0 Å². The predicted molar refractivity (Wildman–Crippen MR) is 81.5 cm³/mol. The molecule has 2 heterocycles. The average molecular weight is 276 g/mol.